The van der Waals surface area contributed by atoms with E-state index < -0.39 is 0 Å². The fourth-order valence-electron chi connectivity index (χ4n) is 2.03. The molecular weight excluding hydrogens is 238 g/mol. The molecule has 102 valence electrons. The van der Waals surface area contributed by atoms with Gasteiger partial charge in [0.15, 0.2) is 0 Å². The van der Waals surface area contributed by atoms with E-state index in [1.165, 1.54) is 0 Å². The van der Waals surface area contributed by atoms with Gasteiger partial charge in [0.25, 0.3) is 0 Å². The second-order valence-electron chi connectivity index (χ2n) is 4.63. The van der Waals surface area contributed by atoms with E-state index in [0.29, 0.717) is 12.3 Å². The van der Waals surface area contributed by atoms with Crippen LogP contribution in [0.15, 0.2) is 24.3 Å². The van der Waals surface area contributed by atoms with E-state index in [1.54, 1.807) is 0 Å². The molecule has 4 nitrogen and oxygen atoms in total. The number of benzene rings is 1. The van der Waals surface area contributed by atoms with Crippen LogP contribution in [-0.4, -0.2) is 9.78 Å². The van der Waals surface area contributed by atoms with Crippen LogP contribution in [0.4, 0.5) is 5.69 Å². The number of hydrogen-bond donors (Lipinski definition) is 1. The molecule has 0 aliphatic heterocycles. The Kier molecular flexibility index (Phi) is 4.10. The first-order chi connectivity index (χ1) is 9.13. The second kappa shape index (κ2) is 5.78. The van der Waals surface area contributed by atoms with Crippen molar-refractivity contribution in [3.63, 3.8) is 0 Å². The van der Waals surface area contributed by atoms with E-state index in [2.05, 4.69) is 25.0 Å². The molecule has 0 spiro atoms. The lowest BCUT2D eigenvalue weighted by Crippen LogP contribution is -2.07. The Hall–Kier alpha value is -1.97. The summed E-state index contributed by atoms with van der Waals surface area (Å²) < 4.78 is 7.77. The van der Waals surface area contributed by atoms with Crippen molar-refractivity contribution >= 4 is 5.69 Å². The van der Waals surface area contributed by atoms with E-state index in [0.717, 1.165) is 35.7 Å². The van der Waals surface area contributed by atoms with E-state index in [-0.39, 0.29) is 0 Å². The predicted molar refractivity (Wildman–Crippen MR) is 77.2 cm³/mol. The van der Waals surface area contributed by atoms with Gasteiger partial charge < -0.3 is 10.5 Å². The summed E-state index contributed by atoms with van der Waals surface area (Å²) in [4.78, 5) is 0. The van der Waals surface area contributed by atoms with Crippen LogP contribution in [0.25, 0.3) is 0 Å². The summed E-state index contributed by atoms with van der Waals surface area (Å²) >= 11 is 0. The Balaban J connectivity index is 2.11. The predicted octanol–water partition coefficient (Wildman–Crippen LogP) is 2.94. The fourth-order valence-corrected chi connectivity index (χ4v) is 2.03. The van der Waals surface area contributed by atoms with Crippen LogP contribution >= 0.6 is 0 Å². The van der Waals surface area contributed by atoms with Gasteiger partial charge in [0.05, 0.1) is 17.1 Å². The molecule has 0 amide bonds. The van der Waals surface area contributed by atoms with Gasteiger partial charge >= 0.3 is 0 Å². The minimum Gasteiger partial charge on any atom is -0.485 e. The number of anilines is 1. The van der Waals surface area contributed by atoms with Crippen molar-refractivity contribution in [3.05, 3.63) is 41.2 Å². The number of nitrogens with two attached hydrogens (primary N) is 1. The van der Waals surface area contributed by atoms with Crippen LogP contribution in [0.5, 0.6) is 5.75 Å². The largest absolute Gasteiger partial charge is 0.485 e. The molecule has 1 aromatic carbocycles. The van der Waals surface area contributed by atoms with Gasteiger partial charge in [0.2, 0.25) is 0 Å². The Bertz CT molecular complexity index is 561. The van der Waals surface area contributed by atoms with E-state index in [9.17, 15) is 0 Å². The number of ether oxygens (including phenoxy) is 1. The smallest absolute Gasteiger partial charge is 0.142 e. The summed E-state index contributed by atoms with van der Waals surface area (Å²) in [7, 11) is 0. The molecule has 2 N–H and O–H groups in total. The third kappa shape index (κ3) is 3.08. The minimum atomic E-state index is 0.494. The van der Waals surface area contributed by atoms with Crippen LogP contribution in [-0.2, 0) is 19.6 Å². The molecule has 2 aromatic rings. The summed E-state index contributed by atoms with van der Waals surface area (Å²) in [6, 6.07) is 7.93. The highest BCUT2D eigenvalue weighted by molar-refractivity contribution is 5.54. The first-order valence-electron chi connectivity index (χ1n) is 6.68. The maximum atomic E-state index is 5.94. The molecule has 1 aromatic heterocycles. The Labute approximate surface area is 114 Å². The summed E-state index contributed by atoms with van der Waals surface area (Å²) in [5.74, 6) is 0.729. The number of nitrogen functional groups attached to an aromatic ring is 1. The zero-order valence-electron chi connectivity index (χ0n) is 11.8. The second-order valence-corrected chi connectivity index (χ2v) is 4.63. The lowest BCUT2D eigenvalue weighted by Gasteiger charge is -2.10. The van der Waals surface area contributed by atoms with Crippen molar-refractivity contribution in [2.45, 2.75) is 40.3 Å². The maximum Gasteiger partial charge on any atom is 0.142 e. The maximum absolute atomic E-state index is 5.94. The van der Waals surface area contributed by atoms with Gasteiger partial charge in [-0.3, -0.25) is 4.68 Å². The quantitative estimate of drug-likeness (QED) is 0.840. The highest BCUT2D eigenvalue weighted by atomic mass is 16.5. The van der Waals surface area contributed by atoms with Crippen molar-refractivity contribution in [2.24, 2.45) is 0 Å². The first kappa shape index (κ1) is 13.5. The fraction of sp³-hybridized carbons (Fsp3) is 0.400. The third-order valence-electron chi connectivity index (χ3n) is 3.12. The SMILES string of the molecule is CCc1cc(COc2ccc(C)cc2N)n(CC)n1. The summed E-state index contributed by atoms with van der Waals surface area (Å²) in [5.41, 5.74) is 9.93. The summed E-state index contributed by atoms with van der Waals surface area (Å²) in [6.45, 7) is 7.54. The number of rotatable bonds is 5. The Morgan fingerprint density at radius 3 is 2.68 bits per heavy atom. The van der Waals surface area contributed by atoms with Gasteiger partial charge in [-0.2, -0.15) is 5.10 Å². The summed E-state index contributed by atoms with van der Waals surface area (Å²) in [6.07, 6.45) is 0.937. The molecule has 0 saturated carbocycles. The van der Waals surface area contributed by atoms with Crippen LogP contribution in [0.3, 0.4) is 0 Å². The number of hydrogen-bond acceptors (Lipinski definition) is 3. The average molecular weight is 259 g/mol. The molecule has 0 fully saturated rings. The number of nitrogens with zero attached hydrogens (tertiary/aromatic N) is 2. The molecule has 1 heterocycles. The van der Waals surface area contributed by atoms with Crippen molar-refractivity contribution < 1.29 is 4.74 Å². The van der Waals surface area contributed by atoms with Crippen LogP contribution < -0.4 is 10.5 Å². The molecule has 2 rings (SSSR count). The van der Waals surface area contributed by atoms with Crippen LogP contribution in [0.1, 0.15) is 30.8 Å². The molecule has 0 unspecified atom stereocenters. The van der Waals surface area contributed by atoms with Crippen molar-refractivity contribution in [1.29, 1.82) is 0 Å². The number of aryl methyl sites for hydroxylation is 3. The third-order valence-corrected chi connectivity index (χ3v) is 3.12. The topological polar surface area (TPSA) is 53.1 Å². The highest BCUT2D eigenvalue weighted by Crippen LogP contribution is 2.23. The Morgan fingerprint density at radius 2 is 2.05 bits per heavy atom. The van der Waals surface area contributed by atoms with Crippen molar-refractivity contribution in [2.75, 3.05) is 5.73 Å². The molecule has 0 saturated heterocycles. The zero-order valence-corrected chi connectivity index (χ0v) is 11.8. The Morgan fingerprint density at radius 1 is 1.26 bits per heavy atom. The molecule has 19 heavy (non-hydrogen) atoms. The van der Waals surface area contributed by atoms with E-state index >= 15 is 0 Å². The lowest BCUT2D eigenvalue weighted by molar-refractivity contribution is 0.294. The van der Waals surface area contributed by atoms with E-state index in [1.807, 2.05) is 29.8 Å². The number of aromatic nitrogens is 2. The standard InChI is InChI=1S/C15H21N3O/c1-4-12-9-13(18(5-2)17-12)10-19-15-7-6-11(3)8-14(15)16/h6-9H,4-5,10,16H2,1-3H3. The van der Waals surface area contributed by atoms with Gasteiger partial charge in [0.1, 0.15) is 12.4 Å². The van der Waals surface area contributed by atoms with Crippen LogP contribution in [0, 0.1) is 6.92 Å². The molecular formula is C15H21N3O. The van der Waals surface area contributed by atoms with E-state index in [4.69, 9.17) is 10.5 Å². The molecule has 0 aliphatic rings. The van der Waals surface area contributed by atoms with Crippen molar-refractivity contribution in [3.8, 4) is 5.75 Å². The van der Waals surface area contributed by atoms with Gasteiger partial charge in [-0.1, -0.05) is 13.0 Å². The molecule has 0 radical (unpaired) electrons. The van der Waals surface area contributed by atoms with Gasteiger partial charge in [-0.25, -0.2) is 0 Å². The monoisotopic (exact) mass is 259 g/mol. The molecule has 0 atom stereocenters. The minimum absolute atomic E-state index is 0.494. The average Bonchev–Trinajstić information content (AvgIpc) is 2.80. The van der Waals surface area contributed by atoms with Crippen molar-refractivity contribution in [1.82, 2.24) is 9.78 Å². The molecule has 0 bridgehead atoms. The van der Waals surface area contributed by atoms with Gasteiger partial charge in [0, 0.05) is 6.54 Å². The van der Waals surface area contributed by atoms with Crippen LogP contribution in [0.2, 0.25) is 0 Å². The zero-order chi connectivity index (χ0) is 13.8. The molecule has 4 heteroatoms. The van der Waals surface area contributed by atoms with Gasteiger partial charge in [-0.15, -0.1) is 0 Å². The molecule has 0 aliphatic carbocycles. The summed E-state index contributed by atoms with van der Waals surface area (Å²) in [5, 5.41) is 4.50. The normalized spacial score (nSPS) is 10.7. The lowest BCUT2D eigenvalue weighted by atomic mass is 10.2. The van der Waals surface area contributed by atoms with Gasteiger partial charge in [-0.05, 0) is 44.0 Å². The first-order valence-corrected chi connectivity index (χ1v) is 6.68. The highest BCUT2D eigenvalue weighted by Gasteiger charge is 2.07.